The number of aryl methyl sites for hydroxylation is 1. The Bertz CT molecular complexity index is 1680. The molecule has 8 nitrogen and oxygen atoms in total. The largest absolute Gasteiger partial charge is 0.507 e. The van der Waals surface area contributed by atoms with E-state index in [0.29, 0.717) is 52.4 Å². The second kappa shape index (κ2) is 11.6. The van der Waals surface area contributed by atoms with Crippen LogP contribution in [0.3, 0.4) is 0 Å². The lowest BCUT2D eigenvalue weighted by Gasteiger charge is -2.23. The molecule has 0 bridgehead atoms. The number of carbonyl (C=O) groups is 2. The molecule has 1 amide bonds. The minimum Gasteiger partial charge on any atom is -0.507 e. The molecule has 2 N–H and O–H groups in total. The van der Waals surface area contributed by atoms with E-state index in [1.807, 2.05) is 19.1 Å². The molecule has 2 heterocycles. The lowest BCUT2D eigenvalue weighted by molar-refractivity contribution is 0.0528. The van der Waals surface area contributed by atoms with Crippen LogP contribution < -0.4 is 14.8 Å². The SMILES string of the molecule is CCOC(=O)c1c(-c2ccc(O)c(C(=O)N[C@@H](C)c3ccc(F)cc3)c2)c(C)n2c1-c1cc(OC)c(OC)cc1CC2. The molecule has 0 saturated carbocycles. The maximum absolute atomic E-state index is 13.6. The first-order valence-electron chi connectivity index (χ1n) is 13.7. The number of esters is 1. The monoisotopic (exact) mass is 572 g/mol. The fourth-order valence-electron chi connectivity index (χ4n) is 5.61. The van der Waals surface area contributed by atoms with Crippen LogP contribution in [0.25, 0.3) is 22.4 Å². The Morgan fingerprint density at radius 2 is 1.74 bits per heavy atom. The number of fused-ring (bicyclic) bond motifs is 3. The van der Waals surface area contributed by atoms with E-state index in [-0.39, 0.29) is 23.7 Å². The van der Waals surface area contributed by atoms with Crippen molar-refractivity contribution in [1.82, 2.24) is 9.88 Å². The number of carbonyl (C=O) groups excluding carboxylic acids is 2. The summed E-state index contributed by atoms with van der Waals surface area (Å²) in [5, 5.41) is 13.5. The minimum atomic E-state index is -0.507. The summed E-state index contributed by atoms with van der Waals surface area (Å²) in [7, 11) is 3.15. The van der Waals surface area contributed by atoms with Crippen LogP contribution in [0.1, 0.15) is 57.4 Å². The fraction of sp³-hybridized carbons (Fsp3) is 0.273. The molecule has 1 aliphatic rings. The predicted molar refractivity (Wildman–Crippen MR) is 157 cm³/mol. The molecular formula is C33H33FN2O6. The predicted octanol–water partition coefficient (Wildman–Crippen LogP) is 6.22. The van der Waals surface area contributed by atoms with Crippen LogP contribution in [0.2, 0.25) is 0 Å². The summed E-state index contributed by atoms with van der Waals surface area (Å²) in [4.78, 5) is 26.9. The van der Waals surface area contributed by atoms with Crippen molar-refractivity contribution in [2.75, 3.05) is 20.8 Å². The molecule has 0 saturated heterocycles. The van der Waals surface area contributed by atoms with Crippen molar-refractivity contribution in [3.8, 4) is 39.6 Å². The van der Waals surface area contributed by atoms with Crippen LogP contribution in [-0.2, 0) is 17.7 Å². The normalized spacial score (nSPS) is 12.6. The Labute approximate surface area is 243 Å². The van der Waals surface area contributed by atoms with E-state index in [1.54, 1.807) is 52.3 Å². The van der Waals surface area contributed by atoms with Gasteiger partial charge in [0.05, 0.1) is 43.7 Å². The number of rotatable bonds is 8. The number of methoxy groups -OCH3 is 2. The number of benzene rings is 3. The van der Waals surface area contributed by atoms with Crippen LogP contribution in [0.5, 0.6) is 17.2 Å². The second-order valence-corrected chi connectivity index (χ2v) is 10.1. The van der Waals surface area contributed by atoms with Gasteiger partial charge in [0.25, 0.3) is 5.91 Å². The zero-order valence-electron chi connectivity index (χ0n) is 24.2. The number of amides is 1. The molecule has 0 spiro atoms. The number of ether oxygens (including phenoxy) is 3. The van der Waals surface area contributed by atoms with E-state index >= 15 is 0 Å². The fourth-order valence-corrected chi connectivity index (χ4v) is 5.61. The van der Waals surface area contributed by atoms with Gasteiger partial charge in [-0.25, -0.2) is 9.18 Å². The minimum absolute atomic E-state index is 0.0478. The number of phenols is 1. The van der Waals surface area contributed by atoms with Crippen LogP contribution in [0, 0.1) is 12.7 Å². The molecule has 3 aromatic carbocycles. The van der Waals surface area contributed by atoms with E-state index in [9.17, 15) is 19.1 Å². The Morgan fingerprint density at radius 3 is 2.40 bits per heavy atom. The first kappa shape index (κ1) is 28.7. The number of hydrogen-bond donors (Lipinski definition) is 2. The smallest absolute Gasteiger partial charge is 0.340 e. The third-order valence-corrected chi connectivity index (χ3v) is 7.72. The zero-order valence-corrected chi connectivity index (χ0v) is 24.2. The quantitative estimate of drug-likeness (QED) is 0.244. The molecular weight excluding hydrogens is 539 g/mol. The van der Waals surface area contributed by atoms with E-state index in [4.69, 9.17) is 14.2 Å². The number of aromatic hydroxyl groups is 1. The van der Waals surface area contributed by atoms with Gasteiger partial charge in [-0.3, -0.25) is 4.79 Å². The third-order valence-electron chi connectivity index (χ3n) is 7.72. The van der Waals surface area contributed by atoms with E-state index in [0.717, 1.165) is 16.8 Å². The number of hydrogen-bond acceptors (Lipinski definition) is 6. The number of nitrogens with zero attached hydrogens (tertiary/aromatic N) is 1. The highest BCUT2D eigenvalue weighted by Crippen LogP contribution is 2.45. The van der Waals surface area contributed by atoms with Gasteiger partial charge in [0.15, 0.2) is 11.5 Å². The van der Waals surface area contributed by atoms with Gasteiger partial charge in [-0.05, 0) is 80.3 Å². The molecule has 9 heteroatoms. The Kier molecular flexibility index (Phi) is 7.93. The second-order valence-electron chi connectivity index (χ2n) is 10.1. The first-order valence-corrected chi connectivity index (χ1v) is 13.7. The average molecular weight is 573 g/mol. The van der Waals surface area contributed by atoms with Gasteiger partial charge in [-0.1, -0.05) is 18.2 Å². The van der Waals surface area contributed by atoms with Crippen LogP contribution in [0.4, 0.5) is 4.39 Å². The highest BCUT2D eigenvalue weighted by molar-refractivity contribution is 6.06. The Morgan fingerprint density at radius 1 is 1.05 bits per heavy atom. The molecule has 4 aromatic rings. The standard InChI is InChI=1S/C33H33FN2O6/c1-6-42-33(39)30-29(19(3)36-14-13-21-16-27(40-4)28(41-5)17-24(21)31(30)36)22-9-12-26(37)25(15-22)32(38)35-18(2)20-7-10-23(34)11-8-20/h7-12,15-18,37H,6,13-14H2,1-5H3,(H,35,38)/t18-/m0/s1. The van der Waals surface area contributed by atoms with Crippen LogP contribution in [-0.4, -0.2) is 42.4 Å². The lowest BCUT2D eigenvalue weighted by Crippen LogP contribution is -2.26. The lowest BCUT2D eigenvalue weighted by atomic mass is 9.92. The van der Waals surface area contributed by atoms with E-state index in [1.165, 1.54) is 18.2 Å². The molecule has 1 aliphatic heterocycles. The topological polar surface area (TPSA) is 99.0 Å². The number of phenolic OH excluding ortho intramolecular Hbond substituents is 1. The molecule has 0 unspecified atom stereocenters. The first-order chi connectivity index (χ1) is 20.2. The van der Waals surface area contributed by atoms with Gasteiger partial charge in [-0.2, -0.15) is 0 Å². The van der Waals surface area contributed by atoms with Crippen LogP contribution in [0.15, 0.2) is 54.6 Å². The summed E-state index contributed by atoms with van der Waals surface area (Å²) in [6.45, 7) is 6.26. The molecule has 218 valence electrons. The molecule has 0 aliphatic carbocycles. The van der Waals surface area contributed by atoms with Crippen molar-refractivity contribution in [3.63, 3.8) is 0 Å². The van der Waals surface area contributed by atoms with Gasteiger partial charge in [0.2, 0.25) is 0 Å². The van der Waals surface area contributed by atoms with E-state index in [2.05, 4.69) is 9.88 Å². The number of halogens is 1. The van der Waals surface area contributed by atoms with Crippen molar-refractivity contribution in [2.45, 2.75) is 39.8 Å². The summed E-state index contributed by atoms with van der Waals surface area (Å²) in [6.07, 6.45) is 0.713. The van der Waals surface area contributed by atoms with Crippen molar-refractivity contribution in [3.05, 3.63) is 88.4 Å². The van der Waals surface area contributed by atoms with Crippen molar-refractivity contribution < 1.29 is 33.3 Å². The summed E-state index contributed by atoms with van der Waals surface area (Å²) >= 11 is 0. The number of aromatic nitrogens is 1. The van der Waals surface area contributed by atoms with Crippen molar-refractivity contribution in [2.24, 2.45) is 0 Å². The van der Waals surface area contributed by atoms with Gasteiger partial charge < -0.3 is 29.2 Å². The van der Waals surface area contributed by atoms with Crippen LogP contribution >= 0.6 is 0 Å². The average Bonchev–Trinajstić information content (AvgIpc) is 3.29. The van der Waals surface area contributed by atoms with Gasteiger partial charge in [0, 0.05) is 23.4 Å². The van der Waals surface area contributed by atoms with Gasteiger partial charge in [-0.15, -0.1) is 0 Å². The third kappa shape index (κ3) is 5.06. The van der Waals surface area contributed by atoms with Crippen molar-refractivity contribution >= 4 is 11.9 Å². The molecule has 1 aromatic heterocycles. The van der Waals surface area contributed by atoms with Crippen molar-refractivity contribution in [1.29, 1.82) is 0 Å². The van der Waals surface area contributed by atoms with Gasteiger partial charge in [0.1, 0.15) is 11.6 Å². The number of nitrogens with one attached hydrogen (secondary N) is 1. The van der Waals surface area contributed by atoms with Gasteiger partial charge >= 0.3 is 5.97 Å². The maximum Gasteiger partial charge on any atom is 0.340 e. The van der Waals surface area contributed by atoms with E-state index < -0.39 is 17.9 Å². The summed E-state index contributed by atoms with van der Waals surface area (Å²) in [5.74, 6) is -0.424. The summed E-state index contributed by atoms with van der Waals surface area (Å²) in [5.41, 5.74) is 5.70. The maximum atomic E-state index is 13.6. The molecule has 5 rings (SSSR count). The molecule has 0 fully saturated rings. The summed E-state index contributed by atoms with van der Waals surface area (Å²) in [6, 6.07) is 13.9. The molecule has 42 heavy (non-hydrogen) atoms. The molecule has 0 radical (unpaired) electrons. The Hall–Kier alpha value is -4.79. The summed E-state index contributed by atoms with van der Waals surface area (Å²) < 4.78 is 32.1. The highest BCUT2D eigenvalue weighted by atomic mass is 19.1. The highest BCUT2D eigenvalue weighted by Gasteiger charge is 2.33. The zero-order chi connectivity index (χ0) is 30.1. The Balaban J connectivity index is 1.63. The molecule has 1 atom stereocenters.